The maximum Gasteiger partial charge on any atom is 0.220 e. The van der Waals surface area contributed by atoms with Gasteiger partial charge in [-0.2, -0.15) is 5.10 Å². The van der Waals surface area contributed by atoms with E-state index in [2.05, 4.69) is 25.4 Å². The van der Waals surface area contributed by atoms with Crippen LogP contribution in [-0.4, -0.2) is 37.2 Å². The molecule has 24 heavy (non-hydrogen) atoms. The second kappa shape index (κ2) is 7.78. The van der Waals surface area contributed by atoms with Gasteiger partial charge in [0, 0.05) is 56.1 Å². The first-order valence-corrected chi connectivity index (χ1v) is 8.54. The van der Waals surface area contributed by atoms with Gasteiger partial charge in [-0.3, -0.25) is 19.4 Å². The van der Waals surface area contributed by atoms with E-state index < -0.39 is 0 Å². The van der Waals surface area contributed by atoms with Crippen molar-refractivity contribution in [1.29, 1.82) is 0 Å². The summed E-state index contributed by atoms with van der Waals surface area (Å²) in [7, 11) is 1.88. The molecule has 0 saturated carbocycles. The van der Waals surface area contributed by atoms with Gasteiger partial charge in [-0.25, -0.2) is 4.98 Å². The third kappa shape index (κ3) is 4.23. The molecule has 0 aromatic carbocycles. The van der Waals surface area contributed by atoms with Gasteiger partial charge >= 0.3 is 0 Å². The summed E-state index contributed by atoms with van der Waals surface area (Å²) in [5.41, 5.74) is 2.78. The molecule has 3 aromatic rings. The van der Waals surface area contributed by atoms with E-state index in [1.165, 1.54) is 11.3 Å². The molecule has 3 rings (SSSR count). The number of nitrogens with zero attached hydrogens (tertiary/aromatic N) is 5. The number of carbonyl (C=O) groups is 1. The molecule has 1 amide bonds. The molecule has 7 nitrogen and oxygen atoms in total. The molecule has 3 heterocycles. The van der Waals surface area contributed by atoms with Crippen molar-refractivity contribution in [3.05, 3.63) is 47.6 Å². The third-order valence-electron chi connectivity index (χ3n) is 3.57. The largest absolute Gasteiger partial charge is 0.356 e. The number of carbonyl (C=O) groups excluding carboxylic acids is 1. The molecule has 3 aromatic heterocycles. The maximum absolute atomic E-state index is 11.9. The molecule has 0 saturated heterocycles. The van der Waals surface area contributed by atoms with Gasteiger partial charge in [0.25, 0.3) is 0 Å². The van der Waals surface area contributed by atoms with E-state index in [1.54, 1.807) is 29.5 Å². The number of hydrogen-bond acceptors (Lipinski definition) is 6. The number of amides is 1. The van der Waals surface area contributed by atoms with Gasteiger partial charge in [0.2, 0.25) is 5.91 Å². The third-order valence-corrected chi connectivity index (χ3v) is 4.48. The van der Waals surface area contributed by atoms with Crippen LogP contribution in [-0.2, 0) is 24.7 Å². The Hall–Kier alpha value is -2.61. The molecule has 0 unspecified atom stereocenters. The Morgan fingerprint density at radius 3 is 2.96 bits per heavy atom. The minimum atomic E-state index is 0.0422. The summed E-state index contributed by atoms with van der Waals surface area (Å²) in [6.45, 7) is 0.577. The van der Waals surface area contributed by atoms with Crippen LogP contribution in [0.1, 0.15) is 17.8 Å². The molecule has 0 aliphatic rings. The molecule has 0 bridgehead atoms. The van der Waals surface area contributed by atoms with Crippen molar-refractivity contribution in [2.45, 2.75) is 19.3 Å². The molecule has 8 heteroatoms. The average Bonchev–Trinajstić information content (AvgIpc) is 3.23. The number of thiazole rings is 1. The quantitative estimate of drug-likeness (QED) is 0.705. The lowest BCUT2D eigenvalue weighted by Crippen LogP contribution is -2.26. The highest BCUT2D eigenvalue weighted by atomic mass is 32.1. The van der Waals surface area contributed by atoms with E-state index >= 15 is 0 Å². The van der Waals surface area contributed by atoms with Gasteiger partial charge in [-0.15, -0.1) is 11.3 Å². The van der Waals surface area contributed by atoms with Gasteiger partial charge in [-0.1, -0.05) is 0 Å². The van der Waals surface area contributed by atoms with Crippen molar-refractivity contribution < 1.29 is 4.79 Å². The lowest BCUT2D eigenvalue weighted by Gasteiger charge is -2.04. The van der Waals surface area contributed by atoms with Crippen LogP contribution < -0.4 is 5.32 Å². The van der Waals surface area contributed by atoms with Gasteiger partial charge in [0.05, 0.1) is 11.9 Å². The van der Waals surface area contributed by atoms with Crippen LogP contribution in [0.15, 0.2) is 36.2 Å². The molecule has 1 N–H and O–H groups in total. The van der Waals surface area contributed by atoms with Gasteiger partial charge in [0.15, 0.2) is 0 Å². The minimum Gasteiger partial charge on any atom is -0.356 e. The maximum atomic E-state index is 11.9. The van der Waals surface area contributed by atoms with Gasteiger partial charge in [0.1, 0.15) is 10.7 Å². The zero-order chi connectivity index (χ0) is 16.8. The fraction of sp³-hybridized carbons (Fsp3) is 0.312. The predicted octanol–water partition coefficient (Wildman–Crippen LogP) is 1.63. The minimum absolute atomic E-state index is 0.0422. The fourth-order valence-electron chi connectivity index (χ4n) is 2.26. The molecule has 124 valence electrons. The van der Waals surface area contributed by atoms with Crippen molar-refractivity contribution in [2.75, 3.05) is 6.54 Å². The number of hydrogen-bond donors (Lipinski definition) is 1. The molecule has 0 aliphatic heterocycles. The van der Waals surface area contributed by atoms with Crippen LogP contribution in [0.4, 0.5) is 0 Å². The second-order valence-electron chi connectivity index (χ2n) is 5.28. The summed E-state index contributed by atoms with van der Waals surface area (Å²) < 4.78 is 1.79. The lowest BCUT2D eigenvalue weighted by atomic mass is 10.2. The smallest absolute Gasteiger partial charge is 0.220 e. The highest BCUT2D eigenvalue weighted by Crippen LogP contribution is 2.20. The molecular formula is C16H18N6OS. The highest BCUT2D eigenvalue weighted by molar-refractivity contribution is 7.13. The molecule has 0 radical (unpaired) electrons. The summed E-state index contributed by atoms with van der Waals surface area (Å²) >= 11 is 1.54. The van der Waals surface area contributed by atoms with Crippen LogP contribution in [0.25, 0.3) is 10.7 Å². The summed E-state index contributed by atoms with van der Waals surface area (Å²) in [6, 6.07) is 1.93. The van der Waals surface area contributed by atoms with Gasteiger partial charge < -0.3 is 5.32 Å². The van der Waals surface area contributed by atoms with Crippen LogP contribution in [0.3, 0.4) is 0 Å². The summed E-state index contributed by atoms with van der Waals surface area (Å²) in [6.07, 6.45) is 8.58. The van der Waals surface area contributed by atoms with Crippen molar-refractivity contribution in [1.82, 2.24) is 30.0 Å². The number of rotatable bonds is 7. The van der Waals surface area contributed by atoms with E-state index in [-0.39, 0.29) is 5.91 Å². The summed E-state index contributed by atoms with van der Waals surface area (Å²) in [4.78, 5) is 24.7. The Morgan fingerprint density at radius 2 is 2.21 bits per heavy atom. The van der Waals surface area contributed by atoms with Crippen LogP contribution >= 0.6 is 11.3 Å². The topological polar surface area (TPSA) is 85.6 Å². The van der Waals surface area contributed by atoms with Crippen molar-refractivity contribution in [3.8, 4) is 10.7 Å². The van der Waals surface area contributed by atoms with E-state index in [0.29, 0.717) is 25.8 Å². The normalized spacial score (nSPS) is 10.7. The Bertz CT molecular complexity index is 798. The average molecular weight is 342 g/mol. The first kappa shape index (κ1) is 16.3. The number of aromatic nitrogens is 5. The van der Waals surface area contributed by atoms with E-state index in [9.17, 15) is 4.79 Å². The molecular weight excluding hydrogens is 324 g/mol. The zero-order valence-corrected chi connectivity index (χ0v) is 14.2. The van der Waals surface area contributed by atoms with Crippen molar-refractivity contribution >= 4 is 17.2 Å². The lowest BCUT2D eigenvalue weighted by molar-refractivity contribution is -0.121. The zero-order valence-electron chi connectivity index (χ0n) is 13.3. The summed E-state index contributed by atoms with van der Waals surface area (Å²) in [5, 5.41) is 9.86. The highest BCUT2D eigenvalue weighted by Gasteiger charge is 2.07. The molecule has 0 atom stereocenters. The van der Waals surface area contributed by atoms with Crippen LogP contribution in [0.2, 0.25) is 0 Å². The van der Waals surface area contributed by atoms with Crippen molar-refractivity contribution in [3.63, 3.8) is 0 Å². The Labute approximate surface area is 143 Å². The van der Waals surface area contributed by atoms with Crippen molar-refractivity contribution in [2.24, 2.45) is 7.05 Å². The Kier molecular flexibility index (Phi) is 5.27. The Balaban J connectivity index is 1.42. The number of nitrogens with one attached hydrogen (secondary N) is 1. The first-order valence-electron chi connectivity index (χ1n) is 7.67. The fourth-order valence-corrected chi connectivity index (χ4v) is 3.07. The van der Waals surface area contributed by atoms with E-state index in [1.807, 2.05) is 18.5 Å². The standard InChI is InChI=1S/C16H18N6OS/c1-22-13(5-7-20-22)2-3-15(23)19-6-4-12-11-24-16(21-12)14-10-17-8-9-18-14/h5,7-11H,2-4,6H2,1H3,(H,19,23). The Morgan fingerprint density at radius 1 is 1.29 bits per heavy atom. The van der Waals surface area contributed by atoms with Crippen LogP contribution in [0, 0.1) is 0 Å². The molecule has 0 fully saturated rings. The van der Waals surface area contributed by atoms with E-state index in [4.69, 9.17) is 0 Å². The van der Waals surface area contributed by atoms with Crippen LogP contribution in [0.5, 0.6) is 0 Å². The SMILES string of the molecule is Cn1nccc1CCC(=O)NCCc1csc(-c2cnccn2)n1. The number of aryl methyl sites for hydroxylation is 2. The van der Waals surface area contributed by atoms with E-state index in [0.717, 1.165) is 22.1 Å². The monoisotopic (exact) mass is 342 g/mol. The molecule has 0 spiro atoms. The van der Waals surface area contributed by atoms with Gasteiger partial charge in [-0.05, 0) is 12.5 Å². The second-order valence-corrected chi connectivity index (χ2v) is 6.14. The molecule has 0 aliphatic carbocycles. The predicted molar refractivity (Wildman–Crippen MR) is 91.4 cm³/mol. The first-order chi connectivity index (χ1) is 11.7. The summed E-state index contributed by atoms with van der Waals surface area (Å²) in [5.74, 6) is 0.0422.